The third kappa shape index (κ3) is 3.37. The van der Waals surface area contributed by atoms with Crippen LogP contribution in [0, 0.1) is 5.82 Å². The highest BCUT2D eigenvalue weighted by Crippen LogP contribution is 2.30. The van der Waals surface area contributed by atoms with Gasteiger partial charge >= 0.3 is 0 Å². The first kappa shape index (κ1) is 15.4. The molecule has 0 aliphatic heterocycles. The summed E-state index contributed by atoms with van der Waals surface area (Å²) in [7, 11) is -2.63. The number of hydrogen-bond acceptors (Lipinski definition) is 4. The highest BCUT2D eigenvalue weighted by atomic mass is 35.5. The monoisotopic (exact) mass is 330 g/mol. The Bertz CT molecular complexity index is 781. The molecule has 0 saturated heterocycles. The van der Waals surface area contributed by atoms with Crippen molar-refractivity contribution in [3.8, 4) is 5.75 Å². The lowest BCUT2D eigenvalue weighted by molar-refractivity contribution is 0.403. The molecule has 0 heterocycles. The van der Waals surface area contributed by atoms with Crippen LogP contribution in [0.1, 0.15) is 0 Å². The first-order valence-corrected chi connectivity index (χ1v) is 7.61. The topological polar surface area (TPSA) is 81.4 Å². The average Bonchev–Trinajstić information content (AvgIpc) is 2.42. The lowest BCUT2D eigenvalue weighted by atomic mass is 10.3. The highest BCUT2D eigenvalue weighted by molar-refractivity contribution is 7.92. The molecule has 0 aliphatic carbocycles. The fourth-order valence-electron chi connectivity index (χ4n) is 1.68. The van der Waals surface area contributed by atoms with Crippen molar-refractivity contribution in [2.75, 3.05) is 17.6 Å². The quantitative estimate of drug-likeness (QED) is 0.845. The van der Waals surface area contributed by atoms with Gasteiger partial charge in [-0.25, -0.2) is 12.8 Å². The van der Waals surface area contributed by atoms with Gasteiger partial charge in [-0.05, 0) is 36.4 Å². The summed E-state index contributed by atoms with van der Waals surface area (Å²) in [6.07, 6.45) is 0. The van der Waals surface area contributed by atoms with Crippen LogP contribution in [-0.4, -0.2) is 15.5 Å². The van der Waals surface area contributed by atoms with Crippen molar-refractivity contribution in [3.05, 3.63) is 47.2 Å². The maximum atomic E-state index is 13.0. The lowest BCUT2D eigenvalue weighted by Gasteiger charge is -2.13. The van der Waals surface area contributed by atoms with Crippen LogP contribution in [0.4, 0.5) is 15.8 Å². The number of sulfonamides is 1. The number of methoxy groups -OCH3 is 1. The zero-order chi connectivity index (χ0) is 15.6. The predicted octanol–water partition coefficient (Wildman–Crippen LogP) is 2.87. The number of halogens is 2. The van der Waals surface area contributed by atoms with Crippen LogP contribution in [0.3, 0.4) is 0 Å². The number of ether oxygens (including phenoxy) is 1. The van der Waals surface area contributed by atoms with Crippen LogP contribution in [0.25, 0.3) is 0 Å². The molecule has 2 rings (SSSR count). The van der Waals surface area contributed by atoms with E-state index in [1.807, 2.05) is 0 Å². The maximum absolute atomic E-state index is 13.0. The normalized spacial score (nSPS) is 11.2. The summed E-state index contributed by atoms with van der Waals surface area (Å²) < 4.78 is 45.0. The van der Waals surface area contributed by atoms with E-state index in [1.165, 1.54) is 31.4 Å². The van der Waals surface area contributed by atoms with Gasteiger partial charge < -0.3 is 10.5 Å². The van der Waals surface area contributed by atoms with Crippen LogP contribution < -0.4 is 15.2 Å². The van der Waals surface area contributed by atoms with Crippen LogP contribution in [0.5, 0.6) is 5.75 Å². The van der Waals surface area contributed by atoms with E-state index in [-0.39, 0.29) is 27.0 Å². The number of nitrogens with one attached hydrogen (secondary N) is 1. The van der Waals surface area contributed by atoms with Crippen molar-refractivity contribution in [2.24, 2.45) is 0 Å². The molecule has 0 saturated carbocycles. The summed E-state index contributed by atoms with van der Waals surface area (Å²) in [6, 6.07) is 7.56. The van der Waals surface area contributed by atoms with Crippen LogP contribution in [0.2, 0.25) is 5.02 Å². The van der Waals surface area contributed by atoms with Gasteiger partial charge in [-0.3, -0.25) is 4.72 Å². The van der Waals surface area contributed by atoms with Gasteiger partial charge in [0.2, 0.25) is 0 Å². The lowest BCUT2D eigenvalue weighted by Crippen LogP contribution is -2.14. The van der Waals surface area contributed by atoms with Crippen molar-refractivity contribution < 1.29 is 17.5 Å². The molecule has 0 bridgehead atoms. The number of benzene rings is 2. The smallest absolute Gasteiger partial charge is 0.265 e. The Kier molecular flexibility index (Phi) is 4.24. The molecule has 2 aromatic rings. The molecular formula is C13H12ClFN2O3S. The van der Waals surface area contributed by atoms with Crippen LogP contribution in [-0.2, 0) is 10.0 Å². The Morgan fingerprint density at radius 3 is 2.57 bits per heavy atom. The molecule has 0 radical (unpaired) electrons. The number of anilines is 2. The van der Waals surface area contributed by atoms with Crippen molar-refractivity contribution in [1.82, 2.24) is 0 Å². The molecule has 21 heavy (non-hydrogen) atoms. The van der Waals surface area contributed by atoms with E-state index < -0.39 is 15.8 Å². The molecule has 0 unspecified atom stereocenters. The summed E-state index contributed by atoms with van der Waals surface area (Å²) in [5.74, 6) is -0.431. The van der Waals surface area contributed by atoms with Crippen LogP contribution in [0.15, 0.2) is 41.3 Å². The van der Waals surface area contributed by atoms with Crippen molar-refractivity contribution in [2.45, 2.75) is 4.90 Å². The SMILES string of the molecule is COc1ccc(N)cc1S(=O)(=O)Nc1ccc(F)cc1Cl. The molecule has 0 amide bonds. The summed E-state index contributed by atoms with van der Waals surface area (Å²) in [5, 5.41) is -0.0542. The molecule has 2 aromatic carbocycles. The maximum Gasteiger partial charge on any atom is 0.265 e. The number of hydrogen-bond donors (Lipinski definition) is 2. The molecular weight excluding hydrogens is 319 g/mol. The fourth-order valence-corrected chi connectivity index (χ4v) is 3.23. The average molecular weight is 331 g/mol. The Morgan fingerprint density at radius 2 is 1.95 bits per heavy atom. The Morgan fingerprint density at radius 1 is 1.24 bits per heavy atom. The molecule has 112 valence electrons. The minimum Gasteiger partial charge on any atom is -0.495 e. The molecule has 0 aromatic heterocycles. The summed E-state index contributed by atoms with van der Waals surface area (Å²) in [4.78, 5) is -0.134. The molecule has 8 heteroatoms. The van der Waals surface area contributed by atoms with E-state index in [0.717, 1.165) is 12.1 Å². The van der Waals surface area contributed by atoms with Crippen LogP contribution >= 0.6 is 11.6 Å². The minimum absolute atomic E-state index is 0.0542. The zero-order valence-electron chi connectivity index (χ0n) is 10.9. The number of rotatable bonds is 4. The van der Waals surface area contributed by atoms with Crippen molar-refractivity contribution >= 4 is 33.0 Å². The Balaban J connectivity index is 2.45. The van der Waals surface area contributed by atoms with Gasteiger partial charge in [0.15, 0.2) is 0 Å². The summed E-state index contributed by atoms with van der Waals surface area (Å²) in [5.41, 5.74) is 5.92. The molecule has 5 nitrogen and oxygen atoms in total. The standard InChI is InChI=1S/C13H12ClFN2O3S/c1-20-12-5-3-9(16)7-13(12)21(18,19)17-11-4-2-8(15)6-10(11)14/h2-7,17H,16H2,1H3. The van der Waals surface area contributed by atoms with Crippen molar-refractivity contribution in [3.63, 3.8) is 0 Å². The third-order valence-electron chi connectivity index (χ3n) is 2.65. The van der Waals surface area contributed by atoms with E-state index in [2.05, 4.69) is 4.72 Å². The van der Waals surface area contributed by atoms with Crippen molar-refractivity contribution in [1.29, 1.82) is 0 Å². The Labute approximate surface area is 126 Å². The van der Waals surface area contributed by atoms with Gasteiger partial charge in [0, 0.05) is 5.69 Å². The van der Waals surface area contributed by atoms with E-state index in [4.69, 9.17) is 22.1 Å². The van der Waals surface area contributed by atoms with Gasteiger partial charge in [-0.1, -0.05) is 11.6 Å². The van der Waals surface area contributed by atoms with Gasteiger partial charge in [0.05, 0.1) is 17.8 Å². The zero-order valence-corrected chi connectivity index (χ0v) is 12.5. The predicted molar refractivity (Wildman–Crippen MR) is 79.6 cm³/mol. The van der Waals surface area contributed by atoms with Gasteiger partial charge in [-0.15, -0.1) is 0 Å². The van der Waals surface area contributed by atoms with E-state index in [0.29, 0.717) is 0 Å². The summed E-state index contributed by atoms with van der Waals surface area (Å²) >= 11 is 5.81. The molecule has 0 spiro atoms. The first-order chi connectivity index (χ1) is 9.83. The minimum atomic E-state index is -3.98. The fraction of sp³-hybridized carbons (Fsp3) is 0.0769. The molecule has 0 fully saturated rings. The van der Waals surface area contributed by atoms with Gasteiger partial charge in [0.1, 0.15) is 16.5 Å². The molecule has 0 atom stereocenters. The number of nitrogens with two attached hydrogens (primary N) is 1. The molecule has 3 N–H and O–H groups in total. The first-order valence-electron chi connectivity index (χ1n) is 5.75. The second-order valence-corrected chi connectivity index (χ2v) is 6.20. The largest absolute Gasteiger partial charge is 0.495 e. The number of nitrogen functional groups attached to an aromatic ring is 1. The van der Waals surface area contributed by atoms with E-state index in [9.17, 15) is 12.8 Å². The second kappa shape index (κ2) is 5.79. The van der Waals surface area contributed by atoms with E-state index >= 15 is 0 Å². The van der Waals surface area contributed by atoms with E-state index in [1.54, 1.807) is 0 Å². The molecule has 0 aliphatic rings. The Hall–Kier alpha value is -1.99. The van der Waals surface area contributed by atoms with Gasteiger partial charge in [-0.2, -0.15) is 0 Å². The second-order valence-electron chi connectivity index (χ2n) is 4.14. The highest BCUT2D eigenvalue weighted by Gasteiger charge is 2.21. The van der Waals surface area contributed by atoms with Gasteiger partial charge in [0.25, 0.3) is 10.0 Å². The third-order valence-corrected chi connectivity index (χ3v) is 4.35. The summed E-state index contributed by atoms with van der Waals surface area (Å²) in [6.45, 7) is 0.